The monoisotopic (exact) mass is 339 g/mol. The zero-order valence-corrected chi connectivity index (χ0v) is 11.4. The van der Waals surface area contributed by atoms with Gasteiger partial charge in [0.15, 0.2) is 22.9 Å². The van der Waals surface area contributed by atoms with Gasteiger partial charge >= 0.3 is 12.3 Å². The summed E-state index contributed by atoms with van der Waals surface area (Å²) < 4.78 is 58.1. The molecule has 7 nitrogen and oxygen atoms in total. The Morgan fingerprint density at radius 3 is 2.79 bits per heavy atom. The highest BCUT2D eigenvalue weighted by Gasteiger charge is 2.20. The number of benzene rings is 1. The highest BCUT2D eigenvalue weighted by atomic mass is 19.3. The molecule has 4 aromatic rings. The summed E-state index contributed by atoms with van der Waals surface area (Å²) in [6.45, 7) is -2.90. The molecule has 3 heterocycles. The fraction of sp³-hybridized carbons (Fsp3) is 0.0769. The van der Waals surface area contributed by atoms with Crippen LogP contribution in [0.3, 0.4) is 0 Å². The largest absolute Gasteiger partial charge is 0.417 e. The molecule has 3 aromatic heterocycles. The second kappa shape index (κ2) is 4.88. The minimum atomic E-state index is -2.90. The Hall–Kier alpha value is -3.24. The summed E-state index contributed by atoms with van der Waals surface area (Å²) in [7, 11) is 0. The second-order valence-electron chi connectivity index (χ2n) is 4.77. The first-order valence-electron chi connectivity index (χ1n) is 6.45. The molecule has 0 saturated carbocycles. The van der Waals surface area contributed by atoms with Crippen molar-refractivity contribution in [3.05, 3.63) is 40.6 Å². The van der Waals surface area contributed by atoms with Crippen LogP contribution in [0.25, 0.3) is 33.5 Å². The number of aromatic amines is 1. The van der Waals surface area contributed by atoms with Crippen LogP contribution in [0.2, 0.25) is 0 Å². The number of hydrogen-bond acceptors (Lipinski definition) is 5. The number of alkyl halides is 2. The van der Waals surface area contributed by atoms with E-state index in [1.807, 2.05) is 4.98 Å². The Balaban J connectivity index is 1.99. The molecule has 4 rings (SSSR count). The second-order valence-corrected chi connectivity index (χ2v) is 4.77. The van der Waals surface area contributed by atoms with Gasteiger partial charge in [-0.3, -0.25) is 4.98 Å². The molecule has 122 valence electrons. The Bertz CT molecular complexity index is 1150. The topological polar surface area (TPSA) is 89.6 Å². The van der Waals surface area contributed by atoms with Gasteiger partial charge in [-0.25, -0.2) is 23.5 Å². The van der Waals surface area contributed by atoms with Gasteiger partial charge in [0, 0.05) is 0 Å². The molecule has 0 amide bonds. The average molecular weight is 339 g/mol. The summed E-state index contributed by atoms with van der Waals surface area (Å²) in [5, 5.41) is 3.46. The van der Waals surface area contributed by atoms with Crippen LogP contribution in [0, 0.1) is 11.6 Å². The van der Waals surface area contributed by atoms with Gasteiger partial charge in [-0.15, -0.1) is 0 Å². The van der Waals surface area contributed by atoms with Crippen LogP contribution in [0.15, 0.2) is 27.7 Å². The maximum Gasteiger partial charge on any atom is 0.417 e. The lowest BCUT2D eigenvalue weighted by Gasteiger charge is -2.04. The third-order valence-electron chi connectivity index (χ3n) is 3.36. The number of oxazole rings is 1. The fourth-order valence-electron chi connectivity index (χ4n) is 2.34. The van der Waals surface area contributed by atoms with Gasteiger partial charge in [0.1, 0.15) is 11.0 Å². The molecule has 1 aromatic carbocycles. The number of fused-ring (bicyclic) bond motifs is 2. The third kappa shape index (κ3) is 1.97. The van der Waals surface area contributed by atoms with Crippen LogP contribution in [0.5, 0.6) is 0 Å². The maximum atomic E-state index is 13.7. The van der Waals surface area contributed by atoms with Crippen LogP contribution in [0.1, 0.15) is 6.55 Å². The highest BCUT2D eigenvalue weighted by molar-refractivity contribution is 5.90. The first kappa shape index (κ1) is 14.4. The van der Waals surface area contributed by atoms with Crippen molar-refractivity contribution in [3.8, 4) is 11.3 Å². The first-order chi connectivity index (χ1) is 11.5. The summed E-state index contributed by atoms with van der Waals surface area (Å²) >= 11 is 0. The number of halogens is 4. The number of aromatic nitrogens is 5. The van der Waals surface area contributed by atoms with Crippen molar-refractivity contribution in [2.75, 3.05) is 0 Å². The molecule has 24 heavy (non-hydrogen) atoms. The molecule has 0 aliphatic rings. The summed E-state index contributed by atoms with van der Waals surface area (Å²) in [6.07, 6.45) is 2.13. The number of nitrogens with zero attached hydrogens (tertiary/aromatic N) is 4. The van der Waals surface area contributed by atoms with E-state index in [4.69, 9.17) is 4.42 Å². The maximum absolute atomic E-state index is 13.7. The van der Waals surface area contributed by atoms with Crippen molar-refractivity contribution in [2.24, 2.45) is 0 Å². The van der Waals surface area contributed by atoms with Crippen molar-refractivity contribution in [2.45, 2.75) is 6.55 Å². The highest BCUT2D eigenvalue weighted by Crippen LogP contribution is 2.30. The summed E-state index contributed by atoms with van der Waals surface area (Å²) in [4.78, 5) is 21.2. The van der Waals surface area contributed by atoms with E-state index in [9.17, 15) is 22.4 Å². The Morgan fingerprint density at radius 2 is 2.04 bits per heavy atom. The van der Waals surface area contributed by atoms with Gasteiger partial charge in [-0.2, -0.15) is 18.6 Å². The Kier molecular flexibility index (Phi) is 2.92. The average Bonchev–Trinajstić information content (AvgIpc) is 3.13. The van der Waals surface area contributed by atoms with Gasteiger partial charge < -0.3 is 4.42 Å². The zero-order valence-electron chi connectivity index (χ0n) is 11.4. The number of nitrogens with one attached hydrogen (secondary N) is 1. The van der Waals surface area contributed by atoms with Crippen molar-refractivity contribution in [3.63, 3.8) is 0 Å². The lowest BCUT2D eigenvalue weighted by molar-refractivity contribution is 0.0608. The molecule has 1 N–H and O–H groups in total. The van der Waals surface area contributed by atoms with Crippen LogP contribution in [-0.4, -0.2) is 24.7 Å². The Labute approximate surface area is 128 Å². The van der Waals surface area contributed by atoms with E-state index in [1.165, 1.54) is 0 Å². The van der Waals surface area contributed by atoms with E-state index in [0.29, 0.717) is 4.68 Å². The van der Waals surface area contributed by atoms with Crippen LogP contribution in [-0.2, 0) is 0 Å². The van der Waals surface area contributed by atoms with Crippen molar-refractivity contribution >= 4 is 22.3 Å². The SMILES string of the molecule is O=c1[nH]c2c(F)c(F)cc(-c3cnc4c(cnn4C(F)F)n3)c2o1. The minimum Gasteiger partial charge on any atom is -0.407 e. The minimum absolute atomic E-state index is 0.00275. The van der Waals surface area contributed by atoms with E-state index in [-0.39, 0.29) is 28.0 Å². The van der Waals surface area contributed by atoms with Crippen molar-refractivity contribution in [1.82, 2.24) is 24.7 Å². The normalized spacial score (nSPS) is 11.9. The van der Waals surface area contributed by atoms with Crippen LogP contribution >= 0.6 is 0 Å². The molecule has 0 unspecified atom stereocenters. The van der Waals surface area contributed by atoms with Gasteiger partial charge in [-0.05, 0) is 6.07 Å². The van der Waals surface area contributed by atoms with Crippen LogP contribution in [0.4, 0.5) is 17.6 Å². The van der Waals surface area contributed by atoms with Gasteiger partial charge in [-0.1, -0.05) is 0 Å². The number of H-pyrrole nitrogens is 1. The lowest BCUT2D eigenvalue weighted by atomic mass is 10.1. The summed E-state index contributed by atoms with van der Waals surface area (Å²) in [6, 6.07) is 0.780. The fourth-order valence-corrected chi connectivity index (χ4v) is 2.34. The smallest absolute Gasteiger partial charge is 0.407 e. The number of rotatable bonds is 2. The summed E-state index contributed by atoms with van der Waals surface area (Å²) in [5.41, 5.74) is -0.926. The van der Waals surface area contributed by atoms with Gasteiger partial charge in [0.05, 0.1) is 23.7 Å². The molecule has 0 atom stereocenters. The molecular formula is C13H5F4N5O2. The lowest BCUT2D eigenvalue weighted by Crippen LogP contribution is -2.01. The standard InChI is InChI=1S/C13H5F4N5O2/c14-5-1-4(10-9(8(5)15)21-13(23)24-10)6-2-18-11-7(20-6)3-19-22(11)12(16)17/h1-3,12H,(H,21,23). The molecule has 0 saturated heterocycles. The third-order valence-corrected chi connectivity index (χ3v) is 3.36. The molecular weight excluding hydrogens is 334 g/mol. The van der Waals surface area contributed by atoms with E-state index in [2.05, 4.69) is 15.1 Å². The molecule has 11 heteroatoms. The molecule has 0 aliphatic carbocycles. The summed E-state index contributed by atoms with van der Waals surface area (Å²) in [5.74, 6) is -3.49. The van der Waals surface area contributed by atoms with E-state index in [0.717, 1.165) is 18.5 Å². The molecule has 0 fully saturated rings. The predicted molar refractivity (Wildman–Crippen MR) is 72.3 cm³/mol. The van der Waals surface area contributed by atoms with Crippen molar-refractivity contribution in [1.29, 1.82) is 0 Å². The quantitative estimate of drug-likeness (QED) is 0.567. The van der Waals surface area contributed by atoms with Gasteiger partial charge in [0.2, 0.25) is 0 Å². The van der Waals surface area contributed by atoms with E-state index >= 15 is 0 Å². The molecule has 0 aliphatic heterocycles. The van der Waals surface area contributed by atoms with Gasteiger partial charge in [0.25, 0.3) is 0 Å². The first-order valence-corrected chi connectivity index (χ1v) is 6.45. The van der Waals surface area contributed by atoms with Crippen molar-refractivity contribution < 1.29 is 22.0 Å². The van der Waals surface area contributed by atoms with E-state index < -0.39 is 29.5 Å². The Morgan fingerprint density at radius 1 is 1.25 bits per heavy atom. The number of hydrogen-bond donors (Lipinski definition) is 1. The molecule has 0 bridgehead atoms. The zero-order chi connectivity index (χ0) is 17.0. The van der Waals surface area contributed by atoms with E-state index in [1.54, 1.807) is 0 Å². The molecule has 0 radical (unpaired) electrons. The predicted octanol–water partition coefficient (Wildman–Crippen LogP) is 2.60. The van der Waals surface area contributed by atoms with Crippen LogP contribution < -0.4 is 5.76 Å². The molecule has 0 spiro atoms.